The minimum atomic E-state index is -0.989. The molecule has 0 spiro atoms. The van der Waals surface area contributed by atoms with Crippen molar-refractivity contribution in [2.75, 3.05) is 0 Å². The molecule has 0 unspecified atom stereocenters. The van der Waals surface area contributed by atoms with Crippen molar-refractivity contribution in [1.82, 2.24) is 0 Å². The van der Waals surface area contributed by atoms with Gasteiger partial charge in [-0.25, -0.2) is 0 Å². The first-order valence-corrected chi connectivity index (χ1v) is 3.58. The van der Waals surface area contributed by atoms with Crippen LogP contribution in [0.1, 0.15) is 6.42 Å². The second-order valence-electron chi connectivity index (χ2n) is 1.48. The summed E-state index contributed by atoms with van der Waals surface area (Å²) in [5.74, 6) is -0.989. The second kappa shape index (κ2) is 4.75. The van der Waals surface area contributed by atoms with Gasteiger partial charge in [0.05, 0.1) is 12.5 Å². The number of carbonyl (C=O) groups is 1. The molecule has 0 bridgehead atoms. The van der Waals surface area contributed by atoms with E-state index in [1.807, 2.05) is 22.6 Å². The van der Waals surface area contributed by atoms with Crippen LogP contribution in [0.2, 0.25) is 0 Å². The van der Waals surface area contributed by atoms with E-state index >= 15 is 0 Å². The van der Waals surface area contributed by atoms with Gasteiger partial charge in [0, 0.05) is 0 Å². The SMILES string of the molecule is O=C(O)C[C@@H](O)/C=C\I. The van der Waals surface area contributed by atoms with Crippen LogP contribution < -0.4 is 0 Å². The monoisotopic (exact) mass is 242 g/mol. The third-order valence-corrected chi connectivity index (χ3v) is 1.09. The van der Waals surface area contributed by atoms with E-state index in [1.165, 1.54) is 6.08 Å². The van der Waals surface area contributed by atoms with Gasteiger partial charge in [0.25, 0.3) is 0 Å². The zero-order valence-corrected chi connectivity index (χ0v) is 6.78. The van der Waals surface area contributed by atoms with Crippen LogP contribution in [0.4, 0.5) is 0 Å². The highest BCUT2D eigenvalue weighted by Crippen LogP contribution is 1.95. The van der Waals surface area contributed by atoms with Crippen LogP contribution in [0.3, 0.4) is 0 Å². The summed E-state index contributed by atoms with van der Waals surface area (Å²) < 4.78 is 1.59. The Labute approximate surface area is 66.5 Å². The molecule has 0 saturated carbocycles. The molecule has 0 amide bonds. The Morgan fingerprint density at radius 3 is 2.67 bits per heavy atom. The molecule has 0 aliphatic heterocycles. The molecule has 0 radical (unpaired) electrons. The molecule has 9 heavy (non-hydrogen) atoms. The summed E-state index contributed by atoms with van der Waals surface area (Å²) in [5.41, 5.74) is 0. The van der Waals surface area contributed by atoms with Crippen molar-refractivity contribution in [3.8, 4) is 0 Å². The molecule has 52 valence electrons. The molecule has 0 saturated heterocycles. The van der Waals surface area contributed by atoms with Gasteiger partial charge in [-0.05, 0) is 10.2 Å². The highest BCUT2D eigenvalue weighted by molar-refractivity contribution is 14.1. The van der Waals surface area contributed by atoms with Gasteiger partial charge >= 0.3 is 5.97 Å². The van der Waals surface area contributed by atoms with Crippen molar-refractivity contribution in [2.24, 2.45) is 0 Å². The normalized spacial score (nSPS) is 14.0. The van der Waals surface area contributed by atoms with E-state index in [0.29, 0.717) is 0 Å². The molecule has 1 atom stereocenters. The predicted molar refractivity (Wildman–Crippen MR) is 41.4 cm³/mol. The molecule has 0 aliphatic rings. The fourth-order valence-corrected chi connectivity index (χ4v) is 0.810. The Balaban J connectivity index is 3.50. The summed E-state index contributed by atoms with van der Waals surface area (Å²) in [6, 6.07) is 0. The van der Waals surface area contributed by atoms with Gasteiger partial charge in [-0.2, -0.15) is 0 Å². The molecule has 0 aromatic carbocycles. The Hall–Kier alpha value is -0.100. The smallest absolute Gasteiger partial charge is 0.306 e. The van der Waals surface area contributed by atoms with Crippen LogP contribution in [-0.2, 0) is 4.79 Å². The van der Waals surface area contributed by atoms with Crippen molar-refractivity contribution >= 4 is 28.6 Å². The lowest BCUT2D eigenvalue weighted by molar-refractivity contribution is -0.138. The first-order chi connectivity index (χ1) is 4.16. The summed E-state index contributed by atoms with van der Waals surface area (Å²) >= 11 is 1.92. The van der Waals surface area contributed by atoms with Crippen LogP contribution >= 0.6 is 22.6 Å². The fraction of sp³-hybridized carbons (Fsp3) is 0.400. The summed E-state index contributed by atoms with van der Waals surface area (Å²) in [6.45, 7) is 0. The number of rotatable bonds is 3. The summed E-state index contributed by atoms with van der Waals surface area (Å²) in [5, 5.41) is 16.9. The zero-order chi connectivity index (χ0) is 7.28. The van der Waals surface area contributed by atoms with Crippen LogP contribution in [0, 0.1) is 0 Å². The Bertz CT molecular complexity index is 121. The zero-order valence-electron chi connectivity index (χ0n) is 4.62. The van der Waals surface area contributed by atoms with Crippen molar-refractivity contribution < 1.29 is 15.0 Å². The minimum absolute atomic E-state index is 0.223. The number of carboxylic acids is 1. The number of carboxylic acid groups (broad SMARTS) is 1. The Morgan fingerprint density at radius 2 is 2.33 bits per heavy atom. The minimum Gasteiger partial charge on any atom is -0.481 e. The average Bonchev–Trinajstić information content (AvgIpc) is 1.63. The Morgan fingerprint density at radius 1 is 1.78 bits per heavy atom. The number of aliphatic carboxylic acids is 1. The molecule has 0 aliphatic carbocycles. The van der Waals surface area contributed by atoms with Crippen LogP contribution in [0.25, 0.3) is 0 Å². The second-order valence-corrected chi connectivity index (χ2v) is 2.20. The number of halogens is 1. The lowest BCUT2D eigenvalue weighted by Gasteiger charge is -1.97. The molecule has 0 rings (SSSR count). The number of hydrogen-bond acceptors (Lipinski definition) is 2. The maximum Gasteiger partial charge on any atom is 0.306 e. The first kappa shape index (κ1) is 8.90. The van der Waals surface area contributed by atoms with E-state index in [9.17, 15) is 4.79 Å². The van der Waals surface area contributed by atoms with Crippen molar-refractivity contribution in [2.45, 2.75) is 12.5 Å². The largest absolute Gasteiger partial charge is 0.481 e. The Kier molecular flexibility index (Phi) is 4.70. The highest BCUT2D eigenvalue weighted by Gasteiger charge is 2.03. The number of aliphatic hydroxyl groups excluding tert-OH is 1. The van der Waals surface area contributed by atoms with Gasteiger partial charge in [-0.3, -0.25) is 4.79 Å². The van der Waals surface area contributed by atoms with Crippen molar-refractivity contribution in [3.63, 3.8) is 0 Å². The maximum absolute atomic E-state index is 9.89. The lowest BCUT2D eigenvalue weighted by atomic mass is 10.2. The highest BCUT2D eigenvalue weighted by atomic mass is 127. The summed E-state index contributed by atoms with van der Waals surface area (Å²) in [4.78, 5) is 9.89. The third-order valence-electron chi connectivity index (χ3n) is 0.679. The molecule has 0 aromatic rings. The van der Waals surface area contributed by atoms with Gasteiger partial charge < -0.3 is 10.2 Å². The lowest BCUT2D eigenvalue weighted by Crippen LogP contribution is -2.08. The van der Waals surface area contributed by atoms with E-state index < -0.39 is 12.1 Å². The van der Waals surface area contributed by atoms with Crippen LogP contribution in [-0.4, -0.2) is 22.3 Å². The number of hydrogen-bond donors (Lipinski definition) is 2. The quantitative estimate of drug-likeness (QED) is 0.718. The molecule has 3 nitrogen and oxygen atoms in total. The van der Waals surface area contributed by atoms with E-state index in [0.717, 1.165) is 0 Å². The standard InChI is InChI=1S/C5H7IO3/c6-2-1-4(7)3-5(8)9/h1-2,4,7H,3H2,(H,8,9)/b2-1-/t4-/m0/s1. The van der Waals surface area contributed by atoms with Gasteiger partial charge in [-0.15, -0.1) is 0 Å². The van der Waals surface area contributed by atoms with Gasteiger partial charge in [-0.1, -0.05) is 22.6 Å². The maximum atomic E-state index is 9.89. The fourth-order valence-electron chi connectivity index (χ4n) is 0.331. The molecule has 4 heteroatoms. The van der Waals surface area contributed by atoms with Crippen molar-refractivity contribution in [1.29, 1.82) is 0 Å². The van der Waals surface area contributed by atoms with Gasteiger partial charge in [0.1, 0.15) is 0 Å². The predicted octanol–water partition coefficient (Wildman–Crippen LogP) is 0.771. The number of aliphatic hydroxyl groups is 1. The molecule has 0 heterocycles. The van der Waals surface area contributed by atoms with E-state index in [4.69, 9.17) is 10.2 Å². The van der Waals surface area contributed by atoms with Crippen LogP contribution in [0.15, 0.2) is 10.2 Å². The summed E-state index contributed by atoms with van der Waals surface area (Å²) in [7, 11) is 0. The molecular weight excluding hydrogens is 235 g/mol. The topological polar surface area (TPSA) is 57.5 Å². The molecular formula is C5H7IO3. The molecule has 2 N–H and O–H groups in total. The summed E-state index contributed by atoms with van der Waals surface area (Å²) in [6.07, 6.45) is 0.355. The molecule has 0 fully saturated rings. The molecule has 0 aromatic heterocycles. The van der Waals surface area contributed by atoms with Crippen LogP contribution in [0.5, 0.6) is 0 Å². The average molecular weight is 242 g/mol. The first-order valence-electron chi connectivity index (χ1n) is 2.33. The van der Waals surface area contributed by atoms with Gasteiger partial charge in [0.15, 0.2) is 0 Å². The van der Waals surface area contributed by atoms with Crippen molar-refractivity contribution in [3.05, 3.63) is 10.2 Å². The van der Waals surface area contributed by atoms with Gasteiger partial charge in [0.2, 0.25) is 0 Å². The van der Waals surface area contributed by atoms with E-state index in [1.54, 1.807) is 4.08 Å². The van der Waals surface area contributed by atoms with E-state index in [2.05, 4.69) is 0 Å². The van der Waals surface area contributed by atoms with E-state index in [-0.39, 0.29) is 6.42 Å². The third kappa shape index (κ3) is 5.78.